The van der Waals surface area contributed by atoms with Gasteiger partial charge >= 0.3 is 0 Å². The van der Waals surface area contributed by atoms with Crippen molar-refractivity contribution in [3.63, 3.8) is 0 Å². The highest BCUT2D eigenvalue weighted by molar-refractivity contribution is 5.94. The first-order chi connectivity index (χ1) is 15.9. The smallest absolute Gasteiger partial charge is 0.254 e. The fourth-order valence-electron chi connectivity index (χ4n) is 4.36. The van der Waals surface area contributed by atoms with Crippen molar-refractivity contribution in [3.05, 3.63) is 88.4 Å². The third-order valence-corrected chi connectivity index (χ3v) is 5.94. The van der Waals surface area contributed by atoms with Crippen LogP contribution in [0.2, 0.25) is 0 Å². The number of nitrogens with zero attached hydrogens (tertiary/aromatic N) is 4. The van der Waals surface area contributed by atoms with Crippen LogP contribution in [0.3, 0.4) is 0 Å². The van der Waals surface area contributed by atoms with Gasteiger partial charge in [0.25, 0.3) is 5.91 Å². The molecule has 5 nitrogen and oxygen atoms in total. The Bertz CT molecular complexity index is 1150. The molecule has 4 rings (SSSR count). The van der Waals surface area contributed by atoms with E-state index in [9.17, 15) is 13.6 Å². The zero-order valence-corrected chi connectivity index (χ0v) is 19.0. The molecule has 0 unspecified atom stereocenters. The molecule has 2 aromatic carbocycles. The van der Waals surface area contributed by atoms with Crippen LogP contribution in [0.1, 0.15) is 46.3 Å². The lowest BCUT2D eigenvalue weighted by molar-refractivity contribution is 0.0766. The minimum atomic E-state index is -0.414. The molecule has 1 aliphatic rings. The lowest BCUT2D eigenvalue weighted by Gasteiger charge is -2.26. The summed E-state index contributed by atoms with van der Waals surface area (Å²) >= 11 is 0. The molecule has 0 aliphatic carbocycles. The Kier molecular flexibility index (Phi) is 6.96. The average Bonchev–Trinajstić information content (AvgIpc) is 3.06. The fourth-order valence-corrected chi connectivity index (χ4v) is 4.36. The molecular formula is C26H28F2N4O. The molecule has 1 aliphatic heterocycles. The van der Waals surface area contributed by atoms with E-state index in [1.807, 2.05) is 13.0 Å². The maximum atomic E-state index is 13.8. The molecule has 0 spiro atoms. The van der Waals surface area contributed by atoms with Crippen LogP contribution in [-0.2, 0) is 12.8 Å². The van der Waals surface area contributed by atoms with Gasteiger partial charge in [-0.25, -0.2) is 18.7 Å². The molecule has 172 valence electrons. The molecule has 3 aromatic rings. The lowest BCUT2D eigenvalue weighted by Crippen LogP contribution is -2.36. The fraction of sp³-hybridized carbons (Fsp3) is 0.346. The zero-order valence-electron chi connectivity index (χ0n) is 19.0. The number of hydrogen-bond acceptors (Lipinski definition) is 4. The predicted molar refractivity (Wildman–Crippen MR) is 124 cm³/mol. The van der Waals surface area contributed by atoms with Crippen LogP contribution in [0.5, 0.6) is 0 Å². The molecule has 0 saturated carbocycles. The number of anilines is 1. The van der Waals surface area contributed by atoms with E-state index in [2.05, 4.69) is 16.8 Å². The number of carbonyl (C=O) groups is 1. The van der Waals surface area contributed by atoms with Gasteiger partial charge in [-0.05, 0) is 55.7 Å². The highest BCUT2D eigenvalue weighted by atomic mass is 19.1. The van der Waals surface area contributed by atoms with E-state index in [0.717, 1.165) is 42.0 Å². The lowest BCUT2D eigenvalue weighted by atomic mass is 10.0. The van der Waals surface area contributed by atoms with Crippen LogP contribution in [0, 0.1) is 18.6 Å². The minimum Gasteiger partial charge on any atom is -0.354 e. The van der Waals surface area contributed by atoms with Gasteiger partial charge in [0, 0.05) is 49.4 Å². The molecule has 1 aromatic heterocycles. The summed E-state index contributed by atoms with van der Waals surface area (Å²) in [6.45, 7) is 6.39. The molecule has 2 heterocycles. The van der Waals surface area contributed by atoms with Crippen molar-refractivity contribution in [2.45, 2.75) is 33.1 Å². The summed E-state index contributed by atoms with van der Waals surface area (Å²) in [5, 5.41) is 0. The number of halogens is 2. The van der Waals surface area contributed by atoms with Crippen molar-refractivity contribution in [1.82, 2.24) is 14.9 Å². The minimum absolute atomic E-state index is 0.163. The third-order valence-electron chi connectivity index (χ3n) is 5.94. The molecule has 1 fully saturated rings. The van der Waals surface area contributed by atoms with Crippen LogP contribution in [-0.4, -0.2) is 47.0 Å². The molecule has 0 radical (unpaired) electrons. The number of benzene rings is 2. The second-order valence-electron chi connectivity index (χ2n) is 8.32. The normalized spacial score (nSPS) is 14.3. The van der Waals surface area contributed by atoms with Crippen molar-refractivity contribution in [2.24, 2.45) is 0 Å². The topological polar surface area (TPSA) is 49.3 Å². The summed E-state index contributed by atoms with van der Waals surface area (Å²) in [4.78, 5) is 26.3. The van der Waals surface area contributed by atoms with Gasteiger partial charge in [0.1, 0.15) is 23.3 Å². The molecule has 0 N–H and O–H groups in total. The van der Waals surface area contributed by atoms with Gasteiger partial charge in [-0.15, -0.1) is 0 Å². The number of aromatic nitrogens is 2. The van der Waals surface area contributed by atoms with E-state index in [4.69, 9.17) is 4.98 Å². The summed E-state index contributed by atoms with van der Waals surface area (Å²) in [7, 11) is 0. The molecule has 1 amide bonds. The number of aryl methyl sites for hydroxylation is 2. The van der Waals surface area contributed by atoms with Crippen LogP contribution >= 0.6 is 0 Å². The van der Waals surface area contributed by atoms with Crippen molar-refractivity contribution in [1.29, 1.82) is 0 Å². The van der Waals surface area contributed by atoms with E-state index in [1.165, 1.54) is 18.2 Å². The maximum Gasteiger partial charge on any atom is 0.254 e. The number of amides is 1. The monoisotopic (exact) mass is 450 g/mol. The number of hydrogen-bond donors (Lipinski definition) is 0. The van der Waals surface area contributed by atoms with Crippen molar-refractivity contribution >= 4 is 11.7 Å². The second kappa shape index (κ2) is 10.1. The first kappa shape index (κ1) is 22.8. The Balaban J connectivity index is 1.59. The van der Waals surface area contributed by atoms with Crippen LogP contribution in [0.15, 0.2) is 48.5 Å². The van der Waals surface area contributed by atoms with Crippen molar-refractivity contribution < 1.29 is 13.6 Å². The maximum absolute atomic E-state index is 13.8. The van der Waals surface area contributed by atoms with Crippen LogP contribution in [0.4, 0.5) is 14.6 Å². The Hall–Kier alpha value is -3.35. The summed E-state index contributed by atoms with van der Waals surface area (Å²) in [6, 6.07) is 12.4. The van der Waals surface area contributed by atoms with Crippen LogP contribution < -0.4 is 4.90 Å². The Morgan fingerprint density at radius 1 is 0.970 bits per heavy atom. The first-order valence-corrected chi connectivity index (χ1v) is 11.3. The summed E-state index contributed by atoms with van der Waals surface area (Å²) in [5.41, 5.74) is 3.19. The Labute approximate surface area is 193 Å². The van der Waals surface area contributed by atoms with E-state index in [1.54, 1.807) is 29.2 Å². The quantitative estimate of drug-likeness (QED) is 0.572. The Morgan fingerprint density at radius 2 is 1.73 bits per heavy atom. The van der Waals surface area contributed by atoms with E-state index < -0.39 is 5.82 Å². The van der Waals surface area contributed by atoms with Gasteiger partial charge in [0.15, 0.2) is 0 Å². The largest absolute Gasteiger partial charge is 0.354 e. The second-order valence-corrected chi connectivity index (χ2v) is 8.32. The zero-order chi connectivity index (χ0) is 23.4. The summed E-state index contributed by atoms with van der Waals surface area (Å²) in [6.07, 6.45) is 2.06. The Morgan fingerprint density at radius 3 is 2.45 bits per heavy atom. The van der Waals surface area contributed by atoms with Crippen molar-refractivity contribution in [3.8, 4) is 0 Å². The average molecular weight is 451 g/mol. The van der Waals surface area contributed by atoms with Crippen LogP contribution in [0.25, 0.3) is 0 Å². The van der Waals surface area contributed by atoms with Gasteiger partial charge in [-0.3, -0.25) is 4.79 Å². The van der Waals surface area contributed by atoms with Gasteiger partial charge in [-0.2, -0.15) is 0 Å². The number of rotatable bonds is 5. The van der Waals surface area contributed by atoms with Gasteiger partial charge in [0.2, 0.25) is 0 Å². The predicted octanol–water partition coefficient (Wildman–Crippen LogP) is 4.57. The number of carbonyl (C=O) groups excluding carboxylic acids is 1. The molecule has 7 heteroatoms. The van der Waals surface area contributed by atoms with E-state index in [-0.39, 0.29) is 11.7 Å². The highest BCUT2D eigenvalue weighted by Crippen LogP contribution is 2.26. The van der Waals surface area contributed by atoms with Gasteiger partial charge in [-0.1, -0.05) is 25.1 Å². The highest BCUT2D eigenvalue weighted by Gasteiger charge is 2.24. The molecule has 33 heavy (non-hydrogen) atoms. The summed E-state index contributed by atoms with van der Waals surface area (Å²) < 4.78 is 27.4. The SMILES string of the molecule is CCc1nc(C)nc(N2CCCN(C(=O)c3cccc(F)c3)CC2)c1Cc1cccc(F)c1. The van der Waals surface area contributed by atoms with Crippen molar-refractivity contribution in [2.75, 3.05) is 31.1 Å². The molecular weight excluding hydrogens is 422 g/mol. The third kappa shape index (κ3) is 5.35. The standard InChI is InChI=1S/C26H28F2N4O/c1-3-24-23(16-19-7-4-9-21(27)15-19)25(30-18(2)29-24)31-11-6-12-32(14-13-31)26(33)20-8-5-10-22(28)17-20/h4-5,7-10,15,17H,3,6,11-14,16H2,1-2H3. The van der Waals surface area contributed by atoms with E-state index >= 15 is 0 Å². The van der Waals surface area contributed by atoms with Gasteiger partial charge < -0.3 is 9.80 Å². The first-order valence-electron chi connectivity index (χ1n) is 11.3. The molecule has 1 saturated heterocycles. The van der Waals surface area contributed by atoms with Gasteiger partial charge in [0.05, 0.1) is 0 Å². The molecule has 0 atom stereocenters. The molecule has 0 bridgehead atoms. The van der Waals surface area contributed by atoms with E-state index in [0.29, 0.717) is 37.4 Å². The summed E-state index contributed by atoms with van der Waals surface area (Å²) in [5.74, 6) is 0.708.